The van der Waals surface area contributed by atoms with Gasteiger partial charge < -0.3 is 5.11 Å². The summed E-state index contributed by atoms with van der Waals surface area (Å²) >= 11 is 0. The average molecular weight is 276 g/mol. The molecule has 2 rings (SSSR count). The highest BCUT2D eigenvalue weighted by molar-refractivity contribution is 5.41. The number of benzene rings is 2. The van der Waals surface area contributed by atoms with E-state index >= 15 is 0 Å². The maximum Gasteiger partial charge on any atom is 0.433 e. The van der Waals surface area contributed by atoms with Crippen LogP contribution in [0.25, 0.3) is 0 Å². The van der Waals surface area contributed by atoms with Gasteiger partial charge in [0.15, 0.2) is 0 Å². The Labute approximate surface area is 114 Å². The van der Waals surface area contributed by atoms with Gasteiger partial charge in [-0.3, -0.25) is 0 Å². The van der Waals surface area contributed by atoms with E-state index in [1.165, 1.54) is 24.3 Å². The van der Waals surface area contributed by atoms with Crippen LogP contribution in [0.2, 0.25) is 0 Å². The van der Waals surface area contributed by atoms with E-state index in [1.807, 2.05) is 5.92 Å². The third-order valence-electron chi connectivity index (χ3n) is 2.76. The van der Waals surface area contributed by atoms with Gasteiger partial charge in [0, 0.05) is 11.1 Å². The summed E-state index contributed by atoms with van der Waals surface area (Å²) in [5, 5.41) is 9.98. The molecule has 0 aliphatic heterocycles. The van der Waals surface area contributed by atoms with Crippen LogP contribution in [0.3, 0.4) is 0 Å². The number of hydrogen-bond donors (Lipinski definition) is 1. The Morgan fingerprint density at radius 2 is 1.30 bits per heavy atom. The van der Waals surface area contributed by atoms with E-state index in [-0.39, 0.29) is 5.56 Å². The van der Waals surface area contributed by atoms with E-state index in [4.69, 9.17) is 0 Å². The van der Waals surface area contributed by atoms with Crippen LogP contribution in [0.1, 0.15) is 11.1 Å². The zero-order valence-electron chi connectivity index (χ0n) is 10.4. The van der Waals surface area contributed by atoms with E-state index in [0.29, 0.717) is 5.56 Å². The second-order valence-electron chi connectivity index (χ2n) is 4.19. The summed E-state index contributed by atoms with van der Waals surface area (Å²) in [6.45, 7) is 0. The molecule has 0 bridgehead atoms. The van der Waals surface area contributed by atoms with E-state index < -0.39 is 11.8 Å². The van der Waals surface area contributed by atoms with Crippen LogP contribution < -0.4 is 0 Å². The molecule has 102 valence electrons. The molecule has 0 amide bonds. The largest absolute Gasteiger partial charge is 0.433 e. The first-order chi connectivity index (χ1) is 9.43. The number of halogens is 3. The summed E-state index contributed by atoms with van der Waals surface area (Å²) in [6.07, 6.45) is -4.88. The molecule has 1 nitrogen and oxygen atoms in total. The van der Waals surface area contributed by atoms with Gasteiger partial charge in [0.2, 0.25) is 5.60 Å². The van der Waals surface area contributed by atoms with Gasteiger partial charge in [-0.05, 0) is 18.1 Å². The monoisotopic (exact) mass is 276 g/mol. The third kappa shape index (κ3) is 2.84. The summed E-state index contributed by atoms with van der Waals surface area (Å²) in [5.74, 6) is 4.32. The lowest BCUT2D eigenvalue weighted by Gasteiger charge is -2.25. The Hall–Kier alpha value is -2.25. The minimum absolute atomic E-state index is 0.295. The molecule has 0 aliphatic rings. The first-order valence-corrected chi connectivity index (χ1v) is 5.86. The zero-order valence-corrected chi connectivity index (χ0v) is 10.4. The molecule has 0 fully saturated rings. The molecule has 1 atom stereocenters. The van der Waals surface area contributed by atoms with Crippen molar-refractivity contribution in [2.45, 2.75) is 11.8 Å². The molecule has 0 heterocycles. The first kappa shape index (κ1) is 14.2. The summed E-state index contributed by atoms with van der Waals surface area (Å²) in [5.41, 5.74) is -3.06. The summed E-state index contributed by atoms with van der Waals surface area (Å²) < 4.78 is 39.4. The fourth-order valence-electron chi connectivity index (χ4n) is 1.67. The second-order valence-corrected chi connectivity index (χ2v) is 4.19. The van der Waals surface area contributed by atoms with Crippen LogP contribution in [0.5, 0.6) is 0 Å². The topological polar surface area (TPSA) is 20.2 Å². The molecule has 1 unspecified atom stereocenters. The van der Waals surface area contributed by atoms with Gasteiger partial charge in [-0.1, -0.05) is 54.5 Å². The molecule has 1 N–H and O–H groups in total. The van der Waals surface area contributed by atoms with Gasteiger partial charge in [0.1, 0.15) is 0 Å². The highest BCUT2D eigenvalue weighted by Gasteiger charge is 2.54. The maximum absolute atomic E-state index is 13.1. The summed E-state index contributed by atoms with van der Waals surface area (Å²) in [4.78, 5) is 0. The highest BCUT2D eigenvalue weighted by atomic mass is 19.4. The van der Waals surface area contributed by atoms with E-state index in [9.17, 15) is 18.3 Å². The minimum Gasteiger partial charge on any atom is -0.366 e. The first-order valence-electron chi connectivity index (χ1n) is 5.86. The van der Waals surface area contributed by atoms with Gasteiger partial charge >= 0.3 is 6.18 Å². The van der Waals surface area contributed by atoms with Crippen LogP contribution in [0.15, 0.2) is 60.7 Å². The molecule has 4 heteroatoms. The van der Waals surface area contributed by atoms with Crippen LogP contribution in [0.4, 0.5) is 13.2 Å². The molecule has 0 radical (unpaired) electrons. The SMILES string of the molecule is OC(C#Cc1ccccc1)(c1ccccc1)C(F)(F)F. The fraction of sp³-hybridized carbons (Fsp3) is 0.125. The lowest BCUT2D eigenvalue weighted by Crippen LogP contribution is -2.41. The number of rotatable bonds is 1. The molecule has 0 aromatic heterocycles. The molecule has 20 heavy (non-hydrogen) atoms. The quantitative estimate of drug-likeness (QED) is 0.790. The fourth-order valence-corrected chi connectivity index (χ4v) is 1.67. The third-order valence-corrected chi connectivity index (χ3v) is 2.76. The Morgan fingerprint density at radius 3 is 1.80 bits per heavy atom. The predicted octanol–water partition coefficient (Wildman–Crippen LogP) is 3.49. The van der Waals surface area contributed by atoms with E-state index in [2.05, 4.69) is 5.92 Å². The second kappa shape index (κ2) is 5.40. The molecule has 2 aromatic carbocycles. The molecule has 0 saturated carbocycles. The van der Waals surface area contributed by atoms with Crippen molar-refractivity contribution < 1.29 is 18.3 Å². The molecule has 0 aliphatic carbocycles. The van der Waals surface area contributed by atoms with E-state index in [1.54, 1.807) is 36.4 Å². The number of alkyl halides is 3. The van der Waals surface area contributed by atoms with Gasteiger partial charge in [-0.2, -0.15) is 13.2 Å². The van der Waals surface area contributed by atoms with Crippen molar-refractivity contribution in [2.24, 2.45) is 0 Å². The van der Waals surface area contributed by atoms with Crippen molar-refractivity contribution in [3.8, 4) is 11.8 Å². The summed E-state index contributed by atoms with van der Waals surface area (Å²) in [7, 11) is 0. The van der Waals surface area contributed by atoms with Crippen LogP contribution >= 0.6 is 0 Å². The van der Waals surface area contributed by atoms with Gasteiger partial charge in [0.25, 0.3) is 0 Å². The Kier molecular flexibility index (Phi) is 3.82. The van der Waals surface area contributed by atoms with Gasteiger partial charge in [-0.15, -0.1) is 0 Å². The molecule has 0 saturated heterocycles. The minimum atomic E-state index is -4.88. The Bertz CT molecular complexity index is 624. The van der Waals surface area contributed by atoms with Crippen molar-refractivity contribution in [3.63, 3.8) is 0 Å². The maximum atomic E-state index is 13.1. The van der Waals surface area contributed by atoms with E-state index in [0.717, 1.165) is 0 Å². The zero-order chi connectivity index (χ0) is 14.6. The Balaban J connectivity index is 2.48. The lowest BCUT2D eigenvalue weighted by atomic mass is 9.93. The van der Waals surface area contributed by atoms with Crippen molar-refractivity contribution in [1.82, 2.24) is 0 Å². The Morgan fingerprint density at radius 1 is 0.800 bits per heavy atom. The normalized spacial score (nSPS) is 14.0. The van der Waals surface area contributed by atoms with Crippen molar-refractivity contribution in [3.05, 3.63) is 71.8 Å². The average Bonchev–Trinajstić information content (AvgIpc) is 2.45. The predicted molar refractivity (Wildman–Crippen MR) is 69.7 cm³/mol. The molecular formula is C16H11F3O. The van der Waals surface area contributed by atoms with Crippen molar-refractivity contribution >= 4 is 0 Å². The van der Waals surface area contributed by atoms with Crippen LogP contribution in [-0.2, 0) is 5.60 Å². The smallest absolute Gasteiger partial charge is 0.366 e. The van der Waals surface area contributed by atoms with Crippen molar-refractivity contribution in [2.75, 3.05) is 0 Å². The summed E-state index contributed by atoms with van der Waals surface area (Å²) in [6, 6.07) is 15.1. The molecule has 0 spiro atoms. The number of aliphatic hydroxyl groups is 1. The van der Waals surface area contributed by atoms with Gasteiger partial charge in [0.05, 0.1) is 0 Å². The van der Waals surface area contributed by atoms with Crippen LogP contribution in [0, 0.1) is 11.8 Å². The highest BCUT2D eigenvalue weighted by Crippen LogP contribution is 2.38. The van der Waals surface area contributed by atoms with Crippen molar-refractivity contribution in [1.29, 1.82) is 0 Å². The number of hydrogen-bond acceptors (Lipinski definition) is 1. The van der Waals surface area contributed by atoms with Crippen LogP contribution in [-0.4, -0.2) is 11.3 Å². The van der Waals surface area contributed by atoms with Gasteiger partial charge in [-0.25, -0.2) is 0 Å². The lowest BCUT2D eigenvalue weighted by molar-refractivity contribution is -0.240. The molecule has 2 aromatic rings. The standard InChI is InChI=1S/C16H11F3O/c17-16(18,19)15(20,14-9-5-2-6-10-14)12-11-13-7-3-1-4-8-13/h1-10,20H. The molecular weight excluding hydrogens is 265 g/mol.